The summed E-state index contributed by atoms with van der Waals surface area (Å²) in [5, 5.41) is 10.3. The highest BCUT2D eigenvalue weighted by molar-refractivity contribution is 8.06. The van der Waals surface area contributed by atoms with Crippen LogP contribution < -0.4 is 5.73 Å². The Hall–Kier alpha value is -0.740. The highest BCUT2D eigenvalue weighted by Crippen LogP contribution is 2.39. The summed E-state index contributed by atoms with van der Waals surface area (Å²) in [7, 11) is 0. The van der Waals surface area contributed by atoms with Gasteiger partial charge in [-0.25, -0.2) is 0 Å². The summed E-state index contributed by atoms with van der Waals surface area (Å²) in [6.45, 7) is 5.74. The Morgan fingerprint density at radius 1 is 1.60 bits per heavy atom. The second-order valence-corrected chi connectivity index (χ2v) is 5.21. The number of ketones is 1. The molecule has 1 saturated carbocycles. The predicted octanol–water partition coefficient (Wildman–Crippen LogP) is 1.93. The topological polar surface area (TPSA) is 63.3 Å². The van der Waals surface area contributed by atoms with E-state index >= 15 is 0 Å². The molecule has 0 unspecified atom stereocenters. The van der Waals surface area contributed by atoms with Gasteiger partial charge < -0.3 is 10.8 Å². The van der Waals surface area contributed by atoms with Gasteiger partial charge in [-0.2, -0.15) is 0 Å². The number of carbonyl (C=O) groups is 1. The normalized spacial score (nSPS) is 21.5. The van der Waals surface area contributed by atoms with Crippen molar-refractivity contribution in [3.8, 4) is 0 Å². The first kappa shape index (κ1) is 12.3. The molecule has 0 aromatic carbocycles. The monoisotopic (exact) mass is 227 g/mol. The molecule has 3 nitrogen and oxygen atoms in total. The molecule has 0 amide bonds. The Morgan fingerprint density at radius 2 is 2.13 bits per heavy atom. The number of Topliss-reactive ketones (excluding diaryl/α,β-unsaturated/α-hetero) is 1. The lowest BCUT2D eigenvalue weighted by Crippen LogP contribution is -2.34. The standard InChI is InChI=1S/C11H17NO2S/c1-8(7-12)15-9(2)11(14)5-3-10(13)4-6-11/h7,14H,2-6,12H2,1H3/b8-7-. The molecule has 0 heterocycles. The van der Waals surface area contributed by atoms with E-state index in [1.165, 1.54) is 18.0 Å². The van der Waals surface area contributed by atoms with Gasteiger partial charge in [0.25, 0.3) is 0 Å². The average Bonchev–Trinajstić information content (AvgIpc) is 2.22. The Balaban J connectivity index is 2.62. The zero-order valence-electron chi connectivity index (χ0n) is 8.95. The van der Waals surface area contributed by atoms with Crippen LogP contribution in [0.5, 0.6) is 0 Å². The molecule has 3 N–H and O–H groups in total. The minimum Gasteiger partial charge on any atom is -0.404 e. The third-order valence-corrected chi connectivity index (χ3v) is 3.76. The molecule has 15 heavy (non-hydrogen) atoms. The molecule has 0 bridgehead atoms. The van der Waals surface area contributed by atoms with Crippen molar-refractivity contribution in [1.82, 2.24) is 0 Å². The Bertz CT molecular complexity index is 300. The molecule has 0 saturated heterocycles. The molecule has 1 aliphatic rings. The lowest BCUT2D eigenvalue weighted by atomic mass is 9.84. The first-order valence-corrected chi connectivity index (χ1v) is 5.79. The predicted molar refractivity (Wildman–Crippen MR) is 63.1 cm³/mol. The summed E-state index contributed by atoms with van der Waals surface area (Å²) in [4.78, 5) is 12.7. The van der Waals surface area contributed by atoms with Gasteiger partial charge in [0.2, 0.25) is 0 Å². The lowest BCUT2D eigenvalue weighted by molar-refractivity contribution is -0.123. The van der Waals surface area contributed by atoms with Gasteiger partial charge in [0.15, 0.2) is 0 Å². The molecular weight excluding hydrogens is 210 g/mol. The molecule has 0 aliphatic heterocycles. The summed E-state index contributed by atoms with van der Waals surface area (Å²) < 4.78 is 0. The van der Waals surface area contributed by atoms with Crippen molar-refractivity contribution in [2.45, 2.75) is 38.2 Å². The van der Waals surface area contributed by atoms with Crippen LogP contribution in [0.15, 0.2) is 22.6 Å². The highest BCUT2D eigenvalue weighted by atomic mass is 32.2. The second kappa shape index (κ2) is 4.86. The fourth-order valence-electron chi connectivity index (χ4n) is 1.54. The van der Waals surface area contributed by atoms with Gasteiger partial charge in [-0.3, -0.25) is 4.79 Å². The largest absolute Gasteiger partial charge is 0.404 e. The highest BCUT2D eigenvalue weighted by Gasteiger charge is 2.35. The SMILES string of the molecule is C=C(S/C(C)=C\N)C1(O)CCC(=O)CC1. The minimum absolute atomic E-state index is 0.226. The molecule has 0 aromatic heterocycles. The van der Waals surface area contributed by atoms with E-state index in [1.54, 1.807) is 0 Å². The molecule has 1 rings (SSSR count). The van der Waals surface area contributed by atoms with Crippen molar-refractivity contribution in [3.05, 3.63) is 22.6 Å². The van der Waals surface area contributed by atoms with Crippen LogP contribution in [0.25, 0.3) is 0 Å². The van der Waals surface area contributed by atoms with Crippen LogP contribution in [0.1, 0.15) is 32.6 Å². The van der Waals surface area contributed by atoms with E-state index in [-0.39, 0.29) is 5.78 Å². The van der Waals surface area contributed by atoms with Crippen LogP contribution >= 0.6 is 11.8 Å². The van der Waals surface area contributed by atoms with Crippen molar-refractivity contribution >= 4 is 17.5 Å². The quantitative estimate of drug-likeness (QED) is 0.773. The second-order valence-electron chi connectivity index (χ2n) is 3.87. The fourth-order valence-corrected chi connectivity index (χ4v) is 2.40. The summed E-state index contributed by atoms with van der Waals surface area (Å²) >= 11 is 1.39. The molecule has 1 fully saturated rings. The maximum Gasteiger partial charge on any atom is 0.133 e. The molecule has 84 valence electrons. The summed E-state index contributed by atoms with van der Waals surface area (Å²) in [6, 6.07) is 0. The third kappa shape index (κ3) is 3.11. The number of aliphatic hydroxyl groups is 1. The van der Waals surface area contributed by atoms with Crippen LogP contribution in [-0.4, -0.2) is 16.5 Å². The van der Waals surface area contributed by atoms with E-state index in [0.29, 0.717) is 30.6 Å². The van der Waals surface area contributed by atoms with E-state index in [4.69, 9.17) is 5.73 Å². The van der Waals surface area contributed by atoms with Crippen molar-refractivity contribution in [2.75, 3.05) is 0 Å². The van der Waals surface area contributed by atoms with Gasteiger partial charge in [0.05, 0.1) is 5.60 Å². The van der Waals surface area contributed by atoms with Crippen LogP contribution in [0.3, 0.4) is 0 Å². The summed E-state index contributed by atoms with van der Waals surface area (Å²) in [5.41, 5.74) is 4.46. The van der Waals surface area contributed by atoms with Gasteiger partial charge in [0, 0.05) is 28.9 Å². The number of hydrogen-bond acceptors (Lipinski definition) is 4. The number of thioether (sulfide) groups is 1. The minimum atomic E-state index is -0.900. The molecule has 1 aliphatic carbocycles. The Labute approximate surface area is 94.4 Å². The van der Waals surface area contributed by atoms with Gasteiger partial charge in [0.1, 0.15) is 5.78 Å². The van der Waals surface area contributed by atoms with Crippen molar-refractivity contribution < 1.29 is 9.90 Å². The van der Waals surface area contributed by atoms with Gasteiger partial charge in [-0.05, 0) is 19.8 Å². The van der Waals surface area contributed by atoms with E-state index in [2.05, 4.69) is 6.58 Å². The number of nitrogens with two attached hydrogens (primary N) is 1. The van der Waals surface area contributed by atoms with Crippen LogP contribution in [0.4, 0.5) is 0 Å². The molecule has 4 heteroatoms. The first-order chi connectivity index (χ1) is 6.98. The Kier molecular flexibility index (Phi) is 3.99. The van der Waals surface area contributed by atoms with E-state index in [0.717, 1.165) is 4.91 Å². The van der Waals surface area contributed by atoms with E-state index < -0.39 is 5.60 Å². The van der Waals surface area contributed by atoms with Crippen LogP contribution in [0.2, 0.25) is 0 Å². The van der Waals surface area contributed by atoms with Gasteiger partial charge >= 0.3 is 0 Å². The maximum absolute atomic E-state index is 11.1. The van der Waals surface area contributed by atoms with Gasteiger partial charge in [-0.1, -0.05) is 18.3 Å². The van der Waals surface area contributed by atoms with E-state index in [9.17, 15) is 9.90 Å². The maximum atomic E-state index is 11.1. The zero-order valence-corrected chi connectivity index (χ0v) is 9.77. The molecule has 0 aromatic rings. The Morgan fingerprint density at radius 3 is 2.60 bits per heavy atom. The molecular formula is C11H17NO2S. The molecule has 0 radical (unpaired) electrons. The van der Waals surface area contributed by atoms with E-state index in [1.807, 2.05) is 6.92 Å². The van der Waals surface area contributed by atoms with Crippen molar-refractivity contribution in [2.24, 2.45) is 5.73 Å². The third-order valence-electron chi connectivity index (χ3n) is 2.67. The molecule has 0 atom stereocenters. The number of rotatable bonds is 3. The number of allylic oxidation sites excluding steroid dienone is 1. The average molecular weight is 227 g/mol. The first-order valence-electron chi connectivity index (χ1n) is 4.98. The van der Waals surface area contributed by atoms with Crippen LogP contribution in [-0.2, 0) is 4.79 Å². The summed E-state index contributed by atoms with van der Waals surface area (Å²) in [6.07, 6.45) is 3.35. The van der Waals surface area contributed by atoms with Crippen molar-refractivity contribution in [3.63, 3.8) is 0 Å². The van der Waals surface area contributed by atoms with Crippen molar-refractivity contribution in [1.29, 1.82) is 0 Å². The van der Waals surface area contributed by atoms with Crippen LogP contribution in [0, 0.1) is 0 Å². The smallest absolute Gasteiger partial charge is 0.133 e. The van der Waals surface area contributed by atoms with Gasteiger partial charge in [-0.15, -0.1) is 0 Å². The number of carbonyl (C=O) groups excluding carboxylic acids is 1. The summed E-state index contributed by atoms with van der Waals surface area (Å²) in [5.74, 6) is 0.226. The number of hydrogen-bond donors (Lipinski definition) is 2. The fraction of sp³-hybridized carbons (Fsp3) is 0.545. The molecule has 0 spiro atoms. The lowest BCUT2D eigenvalue weighted by Gasteiger charge is -2.32. The zero-order chi connectivity index (χ0) is 11.5.